The van der Waals surface area contributed by atoms with E-state index < -0.39 is 0 Å². The zero-order valence-corrected chi connectivity index (χ0v) is 12.4. The molecule has 2 aromatic rings. The van der Waals surface area contributed by atoms with Crippen molar-refractivity contribution in [1.29, 1.82) is 0 Å². The molecule has 3 fully saturated rings. The Morgan fingerprint density at radius 3 is 2.75 bits per heavy atom. The molecule has 3 saturated heterocycles. The monoisotopic (exact) mass is 288 g/mol. The zero-order valence-electron chi connectivity index (χ0n) is 11.5. The molecule has 4 heterocycles. The van der Waals surface area contributed by atoms with Gasteiger partial charge in [-0.1, -0.05) is 18.2 Å². The SMILES string of the molecule is OC(Cc1csc2ccccc12)C1CN2CCN1CC2. The number of benzene rings is 1. The van der Waals surface area contributed by atoms with Crippen LogP contribution in [-0.2, 0) is 6.42 Å². The lowest BCUT2D eigenvalue weighted by atomic mass is 9.96. The van der Waals surface area contributed by atoms with Crippen LogP contribution in [-0.4, -0.2) is 59.8 Å². The molecular weight excluding hydrogens is 268 g/mol. The van der Waals surface area contributed by atoms with Crippen molar-refractivity contribution in [2.24, 2.45) is 0 Å². The molecule has 0 radical (unpaired) electrons. The van der Waals surface area contributed by atoms with Crippen molar-refractivity contribution in [1.82, 2.24) is 9.80 Å². The maximum Gasteiger partial charge on any atom is 0.0748 e. The highest BCUT2D eigenvalue weighted by Gasteiger charge is 2.36. The molecule has 1 aromatic carbocycles. The number of nitrogens with zero attached hydrogens (tertiary/aromatic N) is 2. The minimum atomic E-state index is -0.254. The molecule has 5 rings (SSSR count). The van der Waals surface area contributed by atoms with Gasteiger partial charge in [0.25, 0.3) is 0 Å². The molecule has 106 valence electrons. The van der Waals surface area contributed by atoms with Gasteiger partial charge in [-0.15, -0.1) is 11.3 Å². The van der Waals surface area contributed by atoms with E-state index in [1.165, 1.54) is 28.7 Å². The van der Waals surface area contributed by atoms with Crippen molar-refractivity contribution in [2.75, 3.05) is 32.7 Å². The highest BCUT2D eigenvalue weighted by molar-refractivity contribution is 7.17. The zero-order chi connectivity index (χ0) is 13.5. The van der Waals surface area contributed by atoms with Crippen LogP contribution in [0.4, 0.5) is 0 Å². The smallest absolute Gasteiger partial charge is 0.0748 e. The molecule has 3 nitrogen and oxygen atoms in total. The summed E-state index contributed by atoms with van der Waals surface area (Å²) in [6, 6.07) is 8.82. The molecule has 3 aliphatic heterocycles. The molecule has 2 bridgehead atoms. The van der Waals surface area contributed by atoms with E-state index in [4.69, 9.17) is 0 Å². The second kappa shape index (κ2) is 5.11. The van der Waals surface area contributed by atoms with Gasteiger partial charge in [0.2, 0.25) is 0 Å². The first-order chi connectivity index (χ1) is 9.81. The Kier molecular flexibility index (Phi) is 3.27. The normalized spacial score (nSPS) is 30.8. The van der Waals surface area contributed by atoms with E-state index in [0.29, 0.717) is 6.04 Å². The number of aliphatic hydroxyl groups excluding tert-OH is 1. The largest absolute Gasteiger partial charge is 0.391 e. The number of aliphatic hydroxyl groups is 1. The fourth-order valence-electron chi connectivity index (χ4n) is 3.57. The summed E-state index contributed by atoms with van der Waals surface area (Å²) in [5, 5.41) is 14.2. The summed E-state index contributed by atoms with van der Waals surface area (Å²) in [6.07, 6.45) is 0.523. The summed E-state index contributed by atoms with van der Waals surface area (Å²) in [6.45, 7) is 5.61. The molecule has 0 amide bonds. The first-order valence-electron chi connectivity index (χ1n) is 7.41. The molecule has 1 aromatic heterocycles. The Hall–Kier alpha value is -0.940. The van der Waals surface area contributed by atoms with Gasteiger partial charge >= 0.3 is 0 Å². The fourth-order valence-corrected chi connectivity index (χ4v) is 4.55. The highest BCUT2D eigenvalue weighted by atomic mass is 32.1. The third-order valence-electron chi connectivity index (χ3n) is 4.76. The molecule has 0 aliphatic carbocycles. The van der Waals surface area contributed by atoms with Crippen LogP contribution in [0.15, 0.2) is 29.6 Å². The summed E-state index contributed by atoms with van der Waals surface area (Å²) in [4.78, 5) is 4.96. The Bertz CT molecular complexity index is 603. The van der Waals surface area contributed by atoms with Crippen LogP contribution in [0.2, 0.25) is 0 Å². The van der Waals surface area contributed by atoms with Crippen molar-refractivity contribution in [3.8, 4) is 0 Å². The summed E-state index contributed by atoms with van der Waals surface area (Å²) >= 11 is 1.78. The van der Waals surface area contributed by atoms with E-state index in [9.17, 15) is 5.11 Å². The number of piperazine rings is 3. The second-order valence-electron chi connectivity index (χ2n) is 5.93. The van der Waals surface area contributed by atoms with E-state index in [2.05, 4.69) is 39.4 Å². The summed E-state index contributed by atoms with van der Waals surface area (Å²) < 4.78 is 1.32. The van der Waals surface area contributed by atoms with Crippen molar-refractivity contribution >= 4 is 21.4 Å². The van der Waals surface area contributed by atoms with Gasteiger partial charge in [-0.3, -0.25) is 9.80 Å². The Morgan fingerprint density at radius 2 is 2.00 bits per heavy atom. The van der Waals surface area contributed by atoms with Gasteiger partial charge in [0.15, 0.2) is 0 Å². The van der Waals surface area contributed by atoms with Gasteiger partial charge in [0.1, 0.15) is 0 Å². The Morgan fingerprint density at radius 1 is 1.20 bits per heavy atom. The Balaban J connectivity index is 1.53. The predicted molar refractivity (Wildman–Crippen MR) is 83.3 cm³/mol. The molecule has 2 unspecified atom stereocenters. The summed E-state index contributed by atoms with van der Waals surface area (Å²) in [5.41, 5.74) is 1.30. The van der Waals surface area contributed by atoms with Gasteiger partial charge in [-0.25, -0.2) is 0 Å². The summed E-state index contributed by atoms with van der Waals surface area (Å²) in [5.74, 6) is 0. The first kappa shape index (κ1) is 12.8. The molecule has 20 heavy (non-hydrogen) atoms. The van der Waals surface area contributed by atoms with E-state index >= 15 is 0 Å². The summed E-state index contributed by atoms with van der Waals surface area (Å²) in [7, 11) is 0. The molecule has 2 atom stereocenters. The van der Waals surface area contributed by atoms with Crippen LogP contribution in [0.1, 0.15) is 5.56 Å². The van der Waals surface area contributed by atoms with E-state index in [1.807, 2.05) is 0 Å². The lowest BCUT2D eigenvalue weighted by Gasteiger charge is -2.49. The number of hydrogen-bond acceptors (Lipinski definition) is 4. The topological polar surface area (TPSA) is 26.7 Å². The highest BCUT2D eigenvalue weighted by Crippen LogP contribution is 2.28. The standard InChI is InChI=1S/C16H20N2OS/c19-15(14-10-17-5-7-18(14)8-6-17)9-12-11-20-16-4-2-1-3-13(12)16/h1-4,11,14-15,19H,5-10H2. The third-order valence-corrected chi connectivity index (χ3v) is 5.77. The van der Waals surface area contributed by atoms with Gasteiger partial charge in [-0.2, -0.15) is 0 Å². The Labute approximate surface area is 123 Å². The molecule has 3 aliphatic rings. The van der Waals surface area contributed by atoms with Gasteiger partial charge < -0.3 is 5.11 Å². The number of hydrogen-bond donors (Lipinski definition) is 1. The maximum absolute atomic E-state index is 10.7. The lowest BCUT2D eigenvalue weighted by Crippen LogP contribution is -2.64. The van der Waals surface area contributed by atoms with Gasteiger partial charge in [0.05, 0.1) is 6.10 Å². The van der Waals surface area contributed by atoms with E-state index in [1.54, 1.807) is 11.3 Å². The van der Waals surface area contributed by atoms with E-state index in [0.717, 1.165) is 26.1 Å². The van der Waals surface area contributed by atoms with Crippen molar-refractivity contribution in [3.05, 3.63) is 35.2 Å². The van der Waals surface area contributed by atoms with E-state index in [-0.39, 0.29) is 6.10 Å². The molecule has 0 saturated carbocycles. The molecule has 0 spiro atoms. The predicted octanol–water partition coefficient (Wildman–Crippen LogP) is 1.80. The van der Waals surface area contributed by atoms with Crippen molar-refractivity contribution in [2.45, 2.75) is 18.6 Å². The maximum atomic E-state index is 10.7. The minimum Gasteiger partial charge on any atom is -0.391 e. The van der Waals surface area contributed by atoms with Crippen molar-refractivity contribution < 1.29 is 5.11 Å². The number of rotatable bonds is 3. The molecule has 4 heteroatoms. The van der Waals surface area contributed by atoms with Crippen LogP contribution in [0.3, 0.4) is 0 Å². The average Bonchev–Trinajstić information content (AvgIpc) is 2.92. The second-order valence-corrected chi connectivity index (χ2v) is 6.84. The fraction of sp³-hybridized carbons (Fsp3) is 0.500. The first-order valence-corrected chi connectivity index (χ1v) is 8.29. The minimum absolute atomic E-state index is 0.254. The molecular formula is C16H20N2OS. The van der Waals surface area contributed by atoms with Gasteiger partial charge in [0, 0.05) is 49.9 Å². The van der Waals surface area contributed by atoms with Crippen molar-refractivity contribution in [3.63, 3.8) is 0 Å². The van der Waals surface area contributed by atoms with Crippen LogP contribution in [0.5, 0.6) is 0 Å². The van der Waals surface area contributed by atoms with Crippen LogP contribution < -0.4 is 0 Å². The van der Waals surface area contributed by atoms with Crippen LogP contribution in [0, 0.1) is 0 Å². The molecule has 1 N–H and O–H groups in total. The number of thiophene rings is 1. The number of fused-ring (bicyclic) bond motifs is 4. The third kappa shape index (κ3) is 2.17. The lowest BCUT2D eigenvalue weighted by molar-refractivity contribution is -0.0452. The van der Waals surface area contributed by atoms with Gasteiger partial charge in [-0.05, 0) is 22.4 Å². The quantitative estimate of drug-likeness (QED) is 0.933. The van der Waals surface area contributed by atoms with Crippen LogP contribution in [0.25, 0.3) is 10.1 Å². The average molecular weight is 288 g/mol. The van der Waals surface area contributed by atoms with Crippen LogP contribution >= 0.6 is 11.3 Å².